The molecule has 1 fully saturated rings. The number of hydrogen-bond donors (Lipinski definition) is 2. The van der Waals surface area contributed by atoms with Crippen LogP contribution in [-0.2, 0) is 9.47 Å². The van der Waals surface area contributed by atoms with Crippen molar-refractivity contribution in [2.75, 3.05) is 14.2 Å². The summed E-state index contributed by atoms with van der Waals surface area (Å²) in [5.74, 6) is -1.36. The summed E-state index contributed by atoms with van der Waals surface area (Å²) >= 11 is 0. The van der Waals surface area contributed by atoms with E-state index in [0.717, 1.165) is 12.8 Å². The summed E-state index contributed by atoms with van der Waals surface area (Å²) in [6.45, 7) is 0. The number of hydrogen-bond acceptors (Lipinski definition) is 5. The molecule has 1 aliphatic heterocycles. The monoisotopic (exact) mass is 273 g/mol. The maximum absolute atomic E-state index is 9.98. The van der Waals surface area contributed by atoms with Crippen LogP contribution in [0.4, 0.5) is 0 Å². The van der Waals surface area contributed by atoms with E-state index in [1.54, 1.807) is 0 Å². The van der Waals surface area contributed by atoms with Crippen LogP contribution in [0.25, 0.3) is 0 Å². The van der Waals surface area contributed by atoms with E-state index in [9.17, 15) is 10.5 Å². The highest BCUT2D eigenvalue weighted by Gasteiger charge is 2.83. The topological polar surface area (TPSA) is 106 Å². The van der Waals surface area contributed by atoms with Gasteiger partial charge in [-0.2, -0.15) is 10.5 Å². The molecule has 4 atom stereocenters. The molecule has 0 unspecified atom stereocenters. The number of fused-ring (bicyclic) bond motifs is 1. The van der Waals surface area contributed by atoms with Gasteiger partial charge in [0, 0.05) is 26.1 Å². The quantitative estimate of drug-likeness (QED) is 0.496. The molecule has 0 saturated heterocycles. The number of nitrogens with two attached hydrogens (primary N) is 1. The SMILES string of the molecule is COC1(OC)[NH+]=C(N)[C@@]2(C#N)[C@@H]3C=C[C@H](CC3)[C@]12C#N. The Morgan fingerprint density at radius 3 is 2.25 bits per heavy atom. The molecule has 20 heavy (non-hydrogen) atoms. The van der Waals surface area contributed by atoms with Crippen molar-refractivity contribution in [1.82, 2.24) is 0 Å². The lowest BCUT2D eigenvalue weighted by molar-refractivity contribution is -0.693. The lowest BCUT2D eigenvalue weighted by Gasteiger charge is -2.52. The van der Waals surface area contributed by atoms with E-state index in [2.05, 4.69) is 17.1 Å². The van der Waals surface area contributed by atoms with Crippen molar-refractivity contribution in [2.24, 2.45) is 28.4 Å². The van der Waals surface area contributed by atoms with Crippen LogP contribution in [0.2, 0.25) is 0 Å². The van der Waals surface area contributed by atoms with Crippen LogP contribution in [0.15, 0.2) is 12.2 Å². The molecule has 0 amide bonds. The number of nitrogens with one attached hydrogen (secondary N) is 1. The number of allylic oxidation sites excluding steroid dienone is 2. The van der Waals surface area contributed by atoms with Crippen molar-refractivity contribution in [3.8, 4) is 12.1 Å². The van der Waals surface area contributed by atoms with Gasteiger partial charge in [-0.25, -0.2) is 4.99 Å². The molecule has 2 bridgehead atoms. The minimum atomic E-state index is -1.39. The summed E-state index contributed by atoms with van der Waals surface area (Å²) < 4.78 is 11.0. The van der Waals surface area contributed by atoms with Gasteiger partial charge in [0.2, 0.25) is 0 Å². The van der Waals surface area contributed by atoms with Crippen molar-refractivity contribution < 1.29 is 14.5 Å². The van der Waals surface area contributed by atoms with Gasteiger partial charge in [-0.3, -0.25) is 5.73 Å². The second-order valence-corrected chi connectivity index (χ2v) is 5.58. The van der Waals surface area contributed by atoms with Crippen molar-refractivity contribution >= 4 is 5.84 Å². The predicted molar refractivity (Wildman–Crippen MR) is 68.4 cm³/mol. The molecule has 6 heteroatoms. The highest BCUT2D eigenvalue weighted by atomic mass is 16.7. The Balaban J connectivity index is 2.37. The summed E-state index contributed by atoms with van der Waals surface area (Å²) in [6, 6.07) is 4.66. The van der Waals surface area contributed by atoms with Crippen LogP contribution < -0.4 is 10.7 Å². The van der Waals surface area contributed by atoms with Crippen LogP contribution in [0, 0.1) is 45.3 Å². The largest absolute Gasteiger partial charge is 0.342 e. The number of methoxy groups -OCH3 is 2. The van der Waals surface area contributed by atoms with Crippen molar-refractivity contribution in [3.05, 3.63) is 12.2 Å². The van der Waals surface area contributed by atoms with E-state index >= 15 is 0 Å². The average Bonchev–Trinajstić information content (AvgIpc) is 2.76. The molecule has 3 aliphatic carbocycles. The molecule has 0 aromatic carbocycles. The van der Waals surface area contributed by atoms with Crippen LogP contribution in [-0.4, -0.2) is 26.0 Å². The van der Waals surface area contributed by atoms with Crippen LogP contribution in [0.3, 0.4) is 0 Å². The zero-order valence-electron chi connectivity index (χ0n) is 11.5. The molecule has 3 N–H and O–H groups in total. The van der Waals surface area contributed by atoms with Crippen molar-refractivity contribution in [3.63, 3.8) is 0 Å². The molecule has 0 aromatic heterocycles. The molecule has 4 rings (SSSR count). The highest BCUT2D eigenvalue weighted by Crippen LogP contribution is 2.64. The fourth-order valence-corrected chi connectivity index (χ4v) is 4.40. The molecular weight excluding hydrogens is 256 g/mol. The maximum atomic E-state index is 9.98. The number of nitriles is 2. The normalized spacial score (nSPS) is 43.5. The zero-order chi connectivity index (χ0) is 14.6. The van der Waals surface area contributed by atoms with Crippen molar-refractivity contribution in [2.45, 2.75) is 18.8 Å². The van der Waals surface area contributed by atoms with E-state index in [4.69, 9.17) is 15.2 Å². The smallest absolute Gasteiger partial charge is 0.317 e. The fraction of sp³-hybridized carbons (Fsp3) is 0.643. The van der Waals surface area contributed by atoms with Crippen LogP contribution in [0.1, 0.15) is 12.8 Å². The number of rotatable bonds is 2. The van der Waals surface area contributed by atoms with E-state index < -0.39 is 16.7 Å². The predicted octanol–water partition coefficient (Wildman–Crippen LogP) is -1.000. The van der Waals surface area contributed by atoms with Gasteiger partial charge in [-0.15, -0.1) is 0 Å². The first-order valence-corrected chi connectivity index (χ1v) is 6.60. The summed E-state index contributed by atoms with van der Waals surface area (Å²) in [5, 5.41) is 19.9. The Morgan fingerprint density at radius 2 is 1.80 bits per heavy atom. The van der Waals surface area contributed by atoms with Gasteiger partial charge < -0.3 is 9.47 Å². The lowest BCUT2D eigenvalue weighted by Crippen LogP contribution is -2.90. The Kier molecular flexibility index (Phi) is 2.50. The van der Waals surface area contributed by atoms with Gasteiger partial charge in [-0.1, -0.05) is 12.2 Å². The second-order valence-electron chi connectivity index (χ2n) is 5.58. The van der Waals surface area contributed by atoms with Crippen LogP contribution >= 0.6 is 0 Å². The van der Waals surface area contributed by atoms with Gasteiger partial charge in [0.25, 0.3) is 5.84 Å². The Hall–Kier alpha value is -1.89. The Labute approximate surface area is 117 Å². The molecule has 4 aliphatic rings. The third kappa shape index (κ3) is 0.985. The molecule has 6 nitrogen and oxygen atoms in total. The standard InChI is InChI=1S/C14H16N4O2/c1-19-14(20-2)13(8-16)10-5-3-9(4-6-10)12(13,7-15)11(17)18-14/h3,5,9-10H,4,6H2,1-2H3,(H2,17,18)/p+1/t9-,10-,12-,13+/m1/s1. The van der Waals surface area contributed by atoms with E-state index in [1.165, 1.54) is 14.2 Å². The summed E-state index contributed by atoms with van der Waals surface area (Å²) in [7, 11) is 2.92. The lowest BCUT2D eigenvalue weighted by atomic mass is 9.45. The molecule has 0 aromatic rings. The van der Waals surface area contributed by atoms with Gasteiger partial charge in [-0.05, 0) is 12.8 Å². The first kappa shape index (κ1) is 13.1. The molecular formula is C14H17N4O2+. The molecule has 0 radical (unpaired) electrons. The first-order chi connectivity index (χ1) is 9.58. The van der Waals surface area contributed by atoms with E-state index in [1.807, 2.05) is 12.2 Å². The van der Waals surface area contributed by atoms with E-state index in [-0.39, 0.29) is 17.7 Å². The Bertz CT molecular complexity index is 595. The molecule has 1 heterocycles. The van der Waals surface area contributed by atoms with Gasteiger partial charge >= 0.3 is 5.91 Å². The summed E-state index contributed by atoms with van der Waals surface area (Å²) in [4.78, 5) is 2.96. The van der Waals surface area contributed by atoms with Gasteiger partial charge in [0.05, 0.1) is 12.1 Å². The first-order valence-electron chi connectivity index (χ1n) is 6.60. The molecule has 104 valence electrons. The van der Waals surface area contributed by atoms with Crippen molar-refractivity contribution in [1.29, 1.82) is 10.5 Å². The fourth-order valence-electron chi connectivity index (χ4n) is 4.40. The average molecular weight is 273 g/mol. The minimum Gasteiger partial charge on any atom is -0.317 e. The van der Waals surface area contributed by atoms with Crippen LogP contribution in [0.5, 0.6) is 0 Å². The third-order valence-corrected chi connectivity index (χ3v) is 5.27. The minimum absolute atomic E-state index is 0.100. The number of ether oxygens (including phenoxy) is 2. The summed E-state index contributed by atoms with van der Waals surface area (Å²) in [6.07, 6.45) is 5.66. The second kappa shape index (κ2) is 3.82. The zero-order valence-corrected chi connectivity index (χ0v) is 11.5. The number of nitrogens with zero attached hydrogens (tertiary/aromatic N) is 2. The molecule has 1 saturated carbocycles. The molecule has 0 spiro atoms. The van der Waals surface area contributed by atoms with E-state index in [0.29, 0.717) is 0 Å². The van der Waals surface area contributed by atoms with Gasteiger partial charge in [0.15, 0.2) is 10.8 Å². The third-order valence-electron chi connectivity index (χ3n) is 5.27. The highest BCUT2D eigenvalue weighted by molar-refractivity contribution is 5.89. The van der Waals surface area contributed by atoms with Gasteiger partial charge in [0.1, 0.15) is 0 Å². The maximum Gasteiger partial charge on any atom is 0.342 e. The Morgan fingerprint density at radius 1 is 1.20 bits per heavy atom. The number of amidine groups is 1. The summed E-state index contributed by atoms with van der Waals surface area (Å²) in [5.41, 5.74) is 3.85.